The summed E-state index contributed by atoms with van der Waals surface area (Å²) >= 11 is 0. The Morgan fingerprint density at radius 3 is 2.46 bits per heavy atom. The van der Waals surface area contributed by atoms with Crippen molar-refractivity contribution in [2.45, 2.75) is 52.0 Å². The van der Waals surface area contributed by atoms with Crippen LogP contribution in [0, 0.1) is 13.8 Å². The van der Waals surface area contributed by atoms with Crippen molar-refractivity contribution in [3.05, 3.63) is 39.2 Å². The summed E-state index contributed by atoms with van der Waals surface area (Å²) in [5, 5.41) is 0.876. The zero-order chi connectivity index (χ0) is 17.6. The maximum absolute atomic E-state index is 13.1. The molecule has 1 aliphatic heterocycles. The van der Waals surface area contributed by atoms with E-state index in [4.69, 9.17) is 0 Å². The second-order valence-electron chi connectivity index (χ2n) is 6.38. The second kappa shape index (κ2) is 6.01. The number of hydrogen-bond donors (Lipinski definition) is 0. The number of aromatic nitrogens is 1. The van der Waals surface area contributed by atoms with Gasteiger partial charge in [0.15, 0.2) is 0 Å². The Hall–Kier alpha value is -1.66. The maximum atomic E-state index is 13.1. The van der Waals surface area contributed by atoms with Crippen LogP contribution in [0.25, 0.3) is 10.9 Å². The smallest absolute Gasteiger partial charge is 0.251 e. The average Bonchev–Trinajstić information content (AvgIpc) is 2.54. The fourth-order valence-electron chi connectivity index (χ4n) is 3.77. The lowest BCUT2D eigenvalue weighted by Gasteiger charge is -2.26. The molecule has 5 nitrogen and oxygen atoms in total. The Bertz CT molecular complexity index is 970. The van der Waals surface area contributed by atoms with Crippen molar-refractivity contribution in [2.75, 3.05) is 13.1 Å². The van der Waals surface area contributed by atoms with E-state index in [0.717, 1.165) is 40.4 Å². The molecule has 0 atom stereocenters. The maximum Gasteiger partial charge on any atom is 0.251 e. The van der Waals surface area contributed by atoms with E-state index >= 15 is 0 Å². The molecule has 0 radical (unpaired) electrons. The van der Waals surface area contributed by atoms with Gasteiger partial charge in [-0.25, -0.2) is 8.42 Å². The molecule has 1 aromatic carbocycles. The van der Waals surface area contributed by atoms with Crippen LogP contribution in [-0.4, -0.2) is 30.4 Å². The average molecular weight is 348 g/mol. The monoisotopic (exact) mass is 348 g/mol. The van der Waals surface area contributed by atoms with E-state index in [-0.39, 0.29) is 5.56 Å². The summed E-state index contributed by atoms with van der Waals surface area (Å²) in [4.78, 5) is 12.7. The summed E-state index contributed by atoms with van der Waals surface area (Å²) in [5.74, 6) is 0. The fraction of sp³-hybridized carbons (Fsp3) is 0.500. The molecule has 2 heterocycles. The van der Waals surface area contributed by atoms with Crippen molar-refractivity contribution >= 4 is 20.9 Å². The summed E-state index contributed by atoms with van der Waals surface area (Å²) in [5.41, 5.74) is 3.55. The molecule has 0 unspecified atom stereocenters. The minimum atomic E-state index is -3.53. The highest BCUT2D eigenvalue weighted by atomic mass is 32.2. The normalized spacial score (nSPS) is 14.5. The zero-order valence-corrected chi connectivity index (χ0v) is 15.5. The van der Waals surface area contributed by atoms with Crippen LogP contribution >= 0.6 is 0 Å². The van der Waals surface area contributed by atoms with Gasteiger partial charge in [0.25, 0.3) is 5.56 Å². The molecule has 0 bridgehead atoms. The highest BCUT2D eigenvalue weighted by Gasteiger charge is 2.28. The summed E-state index contributed by atoms with van der Waals surface area (Å²) in [6, 6.07) is 3.37. The van der Waals surface area contributed by atoms with Gasteiger partial charge in [0.2, 0.25) is 10.0 Å². The highest BCUT2D eigenvalue weighted by Crippen LogP contribution is 2.33. The number of benzene rings is 1. The lowest BCUT2D eigenvalue weighted by atomic mass is 9.95. The van der Waals surface area contributed by atoms with Crippen LogP contribution in [0.2, 0.25) is 0 Å². The van der Waals surface area contributed by atoms with Crippen LogP contribution in [0.15, 0.2) is 21.8 Å². The van der Waals surface area contributed by atoms with Crippen LogP contribution < -0.4 is 5.56 Å². The van der Waals surface area contributed by atoms with Crippen LogP contribution in [0.5, 0.6) is 0 Å². The van der Waals surface area contributed by atoms with E-state index in [0.29, 0.717) is 24.5 Å². The Balaban J connectivity index is 2.42. The van der Waals surface area contributed by atoms with Crippen LogP contribution in [-0.2, 0) is 23.0 Å². The topological polar surface area (TPSA) is 59.4 Å². The van der Waals surface area contributed by atoms with Crippen LogP contribution in [0.1, 0.15) is 37.0 Å². The van der Waals surface area contributed by atoms with E-state index in [1.54, 1.807) is 16.7 Å². The van der Waals surface area contributed by atoms with Crippen molar-refractivity contribution in [2.24, 2.45) is 0 Å². The lowest BCUT2D eigenvalue weighted by Crippen LogP contribution is -2.32. The van der Waals surface area contributed by atoms with Gasteiger partial charge in [0.1, 0.15) is 0 Å². The van der Waals surface area contributed by atoms with Gasteiger partial charge in [0.05, 0.1) is 10.4 Å². The minimum Gasteiger partial charge on any atom is -0.308 e. The molecule has 1 aromatic heterocycles. The molecular weight excluding hydrogens is 324 g/mol. The number of pyridine rings is 1. The van der Waals surface area contributed by atoms with Crippen molar-refractivity contribution in [3.8, 4) is 0 Å². The number of hydrogen-bond acceptors (Lipinski definition) is 3. The van der Waals surface area contributed by atoms with Gasteiger partial charge in [-0.15, -0.1) is 0 Å². The van der Waals surface area contributed by atoms with Gasteiger partial charge in [0, 0.05) is 31.1 Å². The van der Waals surface area contributed by atoms with Crippen molar-refractivity contribution < 1.29 is 8.42 Å². The Kier molecular flexibility index (Phi) is 4.30. The largest absolute Gasteiger partial charge is 0.308 e. The third kappa shape index (κ3) is 2.40. The molecule has 0 N–H and O–H groups in total. The van der Waals surface area contributed by atoms with E-state index in [1.807, 2.05) is 27.7 Å². The molecule has 0 aliphatic carbocycles. The third-order valence-corrected chi connectivity index (χ3v) is 7.25. The highest BCUT2D eigenvalue weighted by molar-refractivity contribution is 7.89. The molecule has 0 saturated heterocycles. The van der Waals surface area contributed by atoms with E-state index in [9.17, 15) is 13.2 Å². The number of aryl methyl sites for hydroxylation is 3. The lowest BCUT2D eigenvalue weighted by molar-refractivity contribution is 0.444. The first-order chi connectivity index (χ1) is 11.3. The van der Waals surface area contributed by atoms with E-state index in [1.165, 1.54) is 4.31 Å². The van der Waals surface area contributed by atoms with Crippen LogP contribution in [0.4, 0.5) is 0 Å². The van der Waals surface area contributed by atoms with Crippen LogP contribution in [0.3, 0.4) is 0 Å². The summed E-state index contributed by atoms with van der Waals surface area (Å²) in [6.45, 7) is 9.05. The second-order valence-corrected chi connectivity index (χ2v) is 8.29. The quantitative estimate of drug-likeness (QED) is 0.853. The van der Waals surface area contributed by atoms with Crippen molar-refractivity contribution in [3.63, 3.8) is 0 Å². The van der Waals surface area contributed by atoms with Gasteiger partial charge in [-0.05, 0) is 49.4 Å². The standard InChI is InChI=1S/C18H24N2O3S/c1-5-19(6-2)24(22,23)16-11-15-12(3)10-17(21)20-9-7-8-14(13(16)4)18(15)20/h10-11H,5-9H2,1-4H3. The Morgan fingerprint density at radius 1 is 1.17 bits per heavy atom. The first-order valence-electron chi connectivity index (χ1n) is 8.49. The van der Waals surface area contributed by atoms with E-state index in [2.05, 4.69) is 0 Å². The minimum absolute atomic E-state index is 0.000278. The summed E-state index contributed by atoms with van der Waals surface area (Å²) in [6.07, 6.45) is 1.67. The SMILES string of the molecule is CCN(CC)S(=O)(=O)c1cc2c(C)cc(=O)n3c2c(c1C)CCC3. The predicted octanol–water partition coefficient (Wildman–Crippen LogP) is 2.60. The molecule has 0 saturated carbocycles. The fourth-order valence-corrected chi connectivity index (χ4v) is 5.50. The molecule has 1 aliphatic rings. The third-order valence-electron chi connectivity index (χ3n) is 5.07. The molecule has 130 valence electrons. The number of sulfonamides is 1. The number of rotatable bonds is 4. The summed E-state index contributed by atoms with van der Waals surface area (Å²) < 4.78 is 29.4. The molecule has 2 aromatic rings. The van der Waals surface area contributed by atoms with Crippen molar-refractivity contribution in [1.29, 1.82) is 0 Å². The van der Waals surface area contributed by atoms with Gasteiger partial charge < -0.3 is 4.57 Å². The molecule has 3 rings (SSSR count). The molecule has 6 heteroatoms. The predicted molar refractivity (Wildman–Crippen MR) is 96.1 cm³/mol. The Morgan fingerprint density at radius 2 is 1.83 bits per heavy atom. The molecule has 24 heavy (non-hydrogen) atoms. The molecule has 0 fully saturated rings. The summed E-state index contributed by atoms with van der Waals surface area (Å²) in [7, 11) is -3.53. The van der Waals surface area contributed by atoms with Gasteiger partial charge in [-0.1, -0.05) is 13.8 Å². The first-order valence-corrected chi connectivity index (χ1v) is 9.93. The van der Waals surface area contributed by atoms with Crippen molar-refractivity contribution in [1.82, 2.24) is 8.87 Å². The molecule has 0 amide bonds. The molecule has 0 spiro atoms. The Labute approximate surface area is 143 Å². The van der Waals surface area contributed by atoms with Gasteiger partial charge in [-0.3, -0.25) is 4.79 Å². The first kappa shape index (κ1) is 17.2. The number of nitrogens with zero attached hydrogens (tertiary/aromatic N) is 2. The van der Waals surface area contributed by atoms with E-state index < -0.39 is 10.0 Å². The zero-order valence-electron chi connectivity index (χ0n) is 14.7. The van der Waals surface area contributed by atoms with Gasteiger partial charge >= 0.3 is 0 Å². The van der Waals surface area contributed by atoms with Gasteiger partial charge in [-0.2, -0.15) is 4.31 Å². The molecular formula is C18H24N2O3S.